The van der Waals surface area contributed by atoms with Gasteiger partial charge in [0.15, 0.2) is 0 Å². The Bertz CT molecular complexity index is 1170. The Morgan fingerprint density at radius 3 is 2.74 bits per heavy atom. The van der Waals surface area contributed by atoms with Gasteiger partial charge in [0.25, 0.3) is 0 Å². The van der Waals surface area contributed by atoms with E-state index in [4.69, 9.17) is 4.84 Å². The molecule has 1 aromatic heterocycles. The van der Waals surface area contributed by atoms with Gasteiger partial charge >= 0.3 is 5.97 Å². The van der Waals surface area contributed by atoms with Gasteiger partial charge in [-0.1, -0.05) is 48.5 Å². The average molecular weight is 477 g/mol. The minimum Gasteiger partial charge on any atom is -0.481 e. The maximum absolute atomic E-state index is 11.2. The van der Waals surface area contributed by atoms with Gasteiger partial charge < -0.3 is 9.94 Å². The van der Waals surface area contributed by atoms with Crippen LogP contribution in [0.5, 0.6) is 0 Å². The summed E-state index contributed by atoms with van der Waals surface area (Å²) in [5.41, 5.74) is 8.02. The number of oxime groups is 1. The van der Waals surface area contributed by atoms with Gasteiger partial charge in [0.2, 0.25) is 0 Å². The summed E-state index contributed by atoms with van der Waals surface area (Å²) in [7, 11) is 0. The summed E-state index contributed by atoms with van der Waals surface area (Å²) in [6.07, 6.45) is 1.65. The molecular weight excluding hydrogens is 444 g/mol. The zero-order valence-corrected chi connectivity index (χ0v) is 20.9. The lowest BCUT2D eigenvalue weighted by Crippen LogP contribution is -2.23. The number of likely N-dealkylation sites (tertiary alicyclic amines) is 1. The monoisotopic (exact) mass is 476 g/mol. The summed E-state index contributed by atoms with van der Waals surface area (Å²) in [6, 6.07) is 17.1. The summed E-state index contributed by atoms with van der Waals surface area (Å²) in [4.78, 5) is 20.5. The fraction of sp³-hybridized carbons (Fsp3) is 0.357. The first-order chi connectivity index (χ1) is 16.4. The third-order valence-electron chi connectivity index (χ3n) is 6.53. The first kappa shape index (κ1) is 24.2. The van der Waals surface area contributed by atoms with Crippen molar-refractivity contribution >= 4 is 23.0 Å². The minimum atomic E-state index is -0.686. The van der Waals surface area contributed by atoms with Crippen LogP contribution in [0.25, 0.3) is 10.4 Å². The number of thiophene rings is 1. The number of hydrogen-bond acceptors (Lipinski definition) is 5. The second kappa shape index (κ2) is 11.0. The molecule has 1 aliphatic rings. The summed E-state index contributed by atoms with van der Waals surface area (Å²) in [5.74, 6) is -0.930. The predicted octanol–water partition coefficient (Wildman–Crippen LogP) is 6.13. The van der Waals surface area contributed by atoms with Gasteiger partial charge in [-0.2, -0.15) is 0 Å². The van der Waals surface area contributed by atoms with Crippen molar-refractivity contribution < 1.29 is 14.7 Å². The summed E-state index contributed by atoms with van der Waals surface area (Å²) in [5, 5.41) is 15.7. The molecule has 0 aliphatic carbocycles. The van der Waals surface area contributed by atoms with E-state index in [0.29, 0.717) is 13.2 Å². The first-order valence-electron chi connectivity index (χ1n) is 11.8. The molecule has 0 spiro atoms. The summed E-state index contributed by atoms with van der Waals surface area (Å²) >= 11 is 1.75. The maximum atomic E-state index is 11.2. The number of nitrogens with zero attached hydrogens (tertiary/aromatic N) is 2. The maximum Gasteiger partial charge on any atom is 0.307 e. The number of carboxylic acids is 1. The van der Waals surface area contributed by atoms with Gasteiger partial charge in [0.05, 0.1) is 11.6 Å². The highest BCUT2D eigenvalue weighted by Gasteiger charge is 2.28. The predicted molar refractivity (Wildman–Crippen MR) is 138 cm³/mol. The molecule has 0 bridgehead atoms. The largest absolute Gasteiger partial charge is 0.481 e. The zero-order chi connectivity index (χ0) is 24.1. The van der Waals surface area contributed by atoms with Crippen molar-refractivity contribution in [3.63, 3.8) is 0 Å². The van der Waals surface area contributed by atoms with Gasteiger partial charge in [-0.05, 0) is 84.1 Å². The van der Waals surface area contributed by atoms with Crippen LogP contribution >= 0.6 is 11.3 Å². The second-order valence-electron chi connectivity index (χ2n) is 8.97. The van der Waals surface area contributed by atoms with Gasteiger partial charge in [0, 0.05) is 18.0 Å². The van der Waals surface area contributed by atoms with Crippen molar-refractivity contribution in [2.45, 2.75) is 46.8 Å². The van der Waals surface area contributed by atoms with Gasteiger partial charge in [0.1, 0.15) is 6.61 Å². The van der Waals surface area contributed by atoms with Crippen LogP contribution in [0.2, 0.25) is 0 Å². The summed E-state index contributed by atoms with van der Waals surface area (Å²) in [6.45, 7) is 8.94. The molecule has 1 N–H and O–H groups in total. The highest BCUT2D eigenvalue weighted by molar-refractivity contribution is 7.13. The Labute approximate surface area is 205 Å². The van der Waals surface area contributed by atoms with Crippen LogP contribution < -0.4 is 0 Å². The normalized spacial score (nSPS) is 16.7. The van der Waals surface area contributed by atoms with Crippen LogP contribution in [0.1, 0.15) is 48.1 Å². The molecule has 1 atom stereocenters. The van der Waals surface area contributed by atoms with E-state index in [1.54, 1.807) is 11.3 Å². The van der Waals surface area contributed by atoms with Crippen LogP contribution in [0.3, 0.4) is 0 Å². The molecule has 1 saturated heterocycles. The average Bonchev–Trinajstić information content (AvgIpc) is 3.52. The van der Waals surface area contributed by atoms with Crippen LogP contribution in [-0.4, -0.2) is 34.8 Å². The van der Waals surface area contributed by atoms with E-state index >= 15 is 0 Å². The van der Waals surface area contributed by atoms with Gasteiger partial charge in [-0.15, -0.1) is 11.3 Å². The lowest BCUT2D eigenvalue weighted by atomic mass is 9.99. The molecule has 0 unspecified atom stereocenters. The second-order valence-corrected chi connectivity index (χ2v) is 9.92. The number of hydrogen-bond donors (Lipinski definition) is 1. The smallest absolute Gasteiger partial charge is 0.307 e. The highest BCUT2D eigenvalue weighted by atomic mass is 32.1. The molecule has 1 aliphatic heterocycles. The van der Waals surface area contributed by atoms with Crippen LogP contribution in [0, 0.1) is 12.8 Å². The van der Waals surface area contributed by atoms with Crippen molar-refractivity contribution in [2.24, 2.45) is 11.1 Å². The number of aryl methyl sites for hydroxylation is 2. The molecular formula is C28H32N2O3S. The zero-order valence-electron chi connectivity index (χ0n) is 20.1. The van der Waals surface area contributed by atoms with Crippen molar-refractivity contribution in [1.82, 2.24) is 4.90 Å². The number of carboxylic acid groups (broad SMARTS) is 1. The molecule has 3 aromatic rings. The number of aliphatic carboxylic acids is 1. The van der Waals surface area contributed by atoms with E-state index in [1.807, 2.05) is 6.92 Å². The highest BCUT2D eigenvalue weighted by Crippen LogP contribution is 2.28. The molecule has 34 heavy (non-hydrogen) atoms. The lowest BCUT2D eigenvalue weighted by molar-refractivity contribution is -0.141. The standard InChI is InChI=1S/C28H32N2O3S/c1-4-22-15-23(8-9-24(22)16-30-12-11-25(17-30)28(31)32)20(3)29-33-18-21-7-10-26(19(2)14-21)27-6-5-13-34-27/h5-10,13-15,25H,4,11-12,16-18H2,1-3H3,(H,31,32)/b29-20+/t25-/m0/s1. The third kappa shape index (κ3) is 5.75. The molecule has 1 fully saturated rings. The van der Waals surface area contributed by atoms with Crippen molar-refractivity contribution in [2.75, 3.05) is 13.1 Å². The van der Waals surface area contributed by atoms with E-state index in [0.717, 1.165) is 42.8 Å². The Morgan fingerprint density at radius 2 is 2.06 bits per heavy atom. The Kier molecular flexibility index (Phi) is 7.80. The van der Waals surface area contributed by atoms with Gasteiger partial charge in [-0.3, -0.25) is 9.69 Å². The quantitative estimate of drug-likeness (QED) is 0.298. The molecule has 6 heteroatoms. The van der Waals surface area contributed by atoms with Crippen molar-refractivity contribution in [1.29, 1.82) is 0 Å². The van der Waals surface area contributed by atoms with E-state index in [1.165, 1.54) is 27.1 Å². The van der Waals surface area contributed by atoms with Crippen LogP contribution in [0.15, 0.2) is 59.1 Å². The van der Waals surface area contributed by atoms with Crippen LogP contribution in [0.4, 0.5) is 0 Å². The van der Waals surface area contributed by atoms with Crippen LogP contribution in [-0.2, 0) is 29.2 Å². The lowest BCUT2D eigenvalue weighted by Gasteiger charge is -2.18. The van der Waals surface area contributed by atoms with E-state index in [-0.39, 0.29) is 5.92 Å². The number of benzene rings is 2. The Balaban J connectivity index is 1.37. The fourth-order valence-corrected chi connectivity index (χ4v) is 5.35. The molecule has 5 nitrogen and oxygen atoms in total. The molecule has 0 radical (unpaired) electrons. The van der Waals surface area contributed by atoms with E-state index in [2.05, 4.69) is 77.8 Å². The van der Waals surface area contributed by atoms with Gasteiger partial charge in [-0.25, -0.2) is 0 Å². The molecule has 2 aromatic carbocycles. The molecule has 2 heterocycles. The summed E-state index contributed by atoms with van der Waals surface area (Å²) < 4.78 is 0. The number of rotatable bonds is 9. The first-order valence-corrected chi connectivity index (χ1v) is 12.7. The molecule has 178 valence electrons. The minimum absolute atomic E-state index is 0.244. The number of carbonyl (C=O) groups is 1. The van der Waals surface area contributed by atoms with Crippen molar-refractivity contribution in [3.8, 4) is 10.4 Å². The Hall–Kier alpha value is -2.96. The molecule has 4 rings (SSSR count). The van der Waals surface area contributed by atoms with E-state index in [9.17, 15) is 9.90 Å². The van der Waals surface area contributed by atoms with Crippen molar-refractivity contribution in [3.05, 3.63) is 81.7 Å². The molecule has 0 amide bonds. The Morgan fingerprint density at radius 1 is 1.21 bits per heavy atom. The van der Waals surface area contributed by atoms with E-state index < -0.39 is 5.97 Å². The SMILES string of the molecule is CCc1cc(/C(C)=N/OCc2ccc(-c3cccs3)c(C)c2)ccc1CN1CC[C@H](C(=O)O)C1. The molecule has 0 saturated carbocycles. The third-order valence-corrected chi connectivity index (χ3v) is 7.43. The topological polar surface area (TPSA) is 62.1 Å². The fourth-order valence-electron chi connectivity index (χ4n) is 4.53.